The third-order valence-electron chi connectivity index (χ3n) is 4.56. The summed E-state index contributed by atoms with van der Waals surface area (Å²) in [6, 6.07) is 19.0. The fourth-order valence-electron chi connectivity index (χ4n) is 2.93. The van der Waals surface area contributed by atoms with Gasteiger partial charge in [0.05, 0.1) is 11.6 Å². The van der Waals surface area contributed by atoms with Crippen LogP contribution in [-0.4, -0.2) is 23.1 Å². The van der Waals surface area contributed by atoms with Crippen molar-refractivity contribution in [3.05, 3.63) is 89.0 Å². The largest absolute Gasteiger partial charge is 0.456 e. The molecule has 0 unspecified atom stereocenters. The fourth-order valence-corrected chi connectivity index (χ4v) is 2.93. The molecule has 0 N–H and O–H groups in total. The topological polar surface area (TPSA) is 62.6 Å². The third kappa shape index (κ3) is 13.9. The number of benzene rings is 2. The Morgan fingerprint density at radius 3 is 2.03 bits per heavy atom. The monoisotopic (exact) mass is 510 g/mol. The van der Waals surface area contributed by atoms with Crippen molar-refractivity contribution < 1.29 is 18.7 Å². The van der Waals surface area contributed by atoms with E-state index in [1.807, 2.05) is 97.0 Å². The first-order valence-corrected chi connectivity index (χ1v) is 12.8. The minimum absolute atomic E-state index is 0.171. The second kappa shape index (κ2) is 17.8. The molecule has 0 bridgehead atoms. The first-order valence-electron chi connectivity index (χ1n) is 12.8. The SMILES string of the molecule is C/C(C#N)=C(\C=C(/C)F)Oc1ccc(CCN(Cc2ccccc2)C(=O)OC(C)(C)C)cc1.CC.CC. The molecule has 5 nitrogen and oxygen atoms in total. The molecule has 2 rings (SSSR count). The number of allylic oxidation sites excluding steroid dienone is 3. The van der Waals surface area contributed by atoms with Gasteiger partial charge in [0, 0.05) is 19.2 Å². The summed E-state index contributed by atoms with van der Waals surface area (Å²) < 4.78 is 24.6. The summed E-state index contributed by atoms with van der Waals surface area (Å²) in [7, 11) is 0. The van der Waals surface area contributed by atoms with Gasteiger partial charge in [-0.05, 0) is 64.3 Å². The van der Waals surface area contributed by atoms with Gasteiger partial charge in [0.2, 0.25) is 0 Å². The van der Waals surface area contributed by atoms with Gasteiger partial charge in [-0.15, -0.1) is 0 Å². The maximum absolute atomic E-state index is 13.3. The number of hydrogen-bond donors (Lipinski definition) is 0. The molecule has 0 spiro atoms. The second-order valence-electron chi connectivity index (χ2n) is 8.72. The smallest absolute Gasteiger partial charge is 0.410 e. The number of rotatable bonds is 8. The van der Waals surface area contributed by atoms with Crippen LogP contribution in [0.5, 0.6) is 5.75 Å². The second-order valence-corrected chi connectivity index (χ2v) is 8.72. The summed E-state index contributed by atoms with van der Waals surface area (Å²) in [5.74, 6) is 0.218. The van der Waals surface area contributed by atoms with Crippen LogP contribution in [0, 0.1) is 11.3 Å². The molecule has 0 fully saturated rings. The molecule has 6 heteroatoms. The average molecular weight is 511 g/mol. The van der Waals surface area contributed by atoms with Crippen molar-refractivity contribution in [3.63, 3.8) is 0 Å². The van der Waals surface area contributed by atoms with E-state index in [-0.39, 0.29) is 17.4 Å². The first-order chi connectivity index (χ1) is 17.6. The molecule has 0 atom stereocenters. The predicted molar refractivity (Wildman–Crippen MR) is 150 cm³/mol. The zero-order valence-corrected chi connectivity index (χ0v) is 23.9. The molecule has 1 amide bonds. The molecule has 2 aromatic carbocycles. The Morgan fingerprint density at radius 1 is 0.973 bits per heavy atom. The van der Waals surface area contributed by atoms with Crippen molar-refractivity contribution in [3.8, 4) is 11.8 Å². The van der Waals surface area contributed by atoms with E-state index in [1.54, 1.807) is 24.0 Å². The standard InChI is InChI=1S/C27H31FN2O3.2C2H6/c1-20(18-29)25(17-21(2)28)32-24-13-11-22(12-14-24)15-16-30(26(31)33-27(3,4)5)19-23-9-7-6-8-10-23;2*1-2/h6-14,17H,15-16,19H2,1-5H3;2*1-2H3/b21-17+,25-20-;;. The molecule has 0 radical (unpaired) electrons. The molecule has 0 aliphatic heterocycles. The van der Waals surface area contributed by atoms with Gasteiger partial charge in [0.25, 0.3) is 0 Å². The molecule has 0 heterocycles. The lowest BCUT2D eigenvalue weighted by Crippen LogP contribution is -2.37. The zero-order chi connectivity index (χ0) is 28.4. The summed E-state index contributed by atoms with van der Waals surface area (Å²) in [5, 5.41) is 9.10. The lowest BCUT2D eigenvalue weighted by atomic mass is 10.1. The highest BCUT2D eigenvalue weighted by Crippen LogP contribution is 2.20. The third-order valence-corrected chi connectivity index (χ3v) is 4.56. The Kier molecular flexibility index (Phi) is 16.1. The van der Waals surface area contributed by atoms with E-state index in [0.717, 1.165) is 11.1 Å². The van der Waals surface area contributed by atoms with Gasteiger partial charge in [0.15, 0.2) is 0 Å². The van der Waals surface area contributed by atoms with Crippen LogP contribution < -0.4 is 4.74 Å². The number of hydrogen-bond acceptors (Lipinski definition) is 4. The van der Waals surface area contributed by atoms with Crippen molar-refractivity contribution in [2.75, 3.05) is 6.54 Å². The van der Waals surface area contributed by atoms with Crippen molar-refractivity contribution in [2.24, 2.45) is 0 Å². The normalized spacial score (nSPS) is 11.4. The number of carbonyl (C=O) groups is 1. The van der Waals surface area contributed by atoms with Gasteiger partial charge < -0.3 is 14.4 Å². The van der Waals surface area contributed by atoms with Crippen LogP contribution in [0.25, 0.3) is 0 Å². The van der Waals surface area contributed by atoms with E-state index in [0.29, 0.717) is 25.3 Å². The highest BCUT2D eigenvalue weighted by Gasteiger charge is 2.22. The van der Waals surface area contributed by atoms with Crippen molar-refractivity contribution in [1.29, 1.82) is 5.26 Å². The van der Waals surface area contributed by atoms with Gasteiger partial charge in [-0.1, -0.05) is 70.2 Å². The fraction of sp³-hybridized carbons (Fsp3) is 0.419. The van der Waals surface area contributed by atoms with Gasteiger partial charge in [-0.25, -0.2) is 9.18 Å². The Labute approximate surface area is 223 Å². The summed E-state index contributed by atoms with van der Waals surface area (Å²) in [5.41, 5.74) is 1.73. The van der Waals surface area contributed by atoms with E-state index in [1.165, 1.54) is 13.0 Å². The number of nitrogens with zero attached hydrogens (tertiary/aromatic N) is 2. The number of nitriles is 1. The molecular weight excluding hydrogens is 467 g/mol. The number of carbonyl (C=O) groups excluding carboxylic acids is 1. The molecule has 202 valence electrons. The van der Waals surface area contributed by atoms with Crippen molar-refractivity contribution in [1.82, 2.24) is 4.90 Å². The number of halogens is 1. The van der Waals surface area contributed by atoms with Crippen LogP contribution in [0.4, 0.5) is 9.18 Å². The molecule has 0 saturated heterocycles. The van der Waals surface area contributed by atoms with Crippen molar-refractivity contribution >= 4 is 6.09 Å². The molecule has 2 aromatic rings. The van der Waals surface area contributed by atoms with Gasteiger partial charge in [-0.2, -0.15) is 5.26 Å². The Hall–Kier alpha value is -3.59. The highest BCUT2D eigenvalue weighted by atomic mass is 19.1. The summed E-state index contributed by atoms with van der Waals surface area (Å²) in [6.07, 6.45) is 1.45. The van der Waals surface area contributed by atoms with Crippen LogP contribution in [0.15, 0.2) is 77.8 Å². The van der Waals surface area contributed by atoms with Crippen LogP contribution in [0.2, 0.25) is 0 Å². The van der Waals surface area contributed by atoms with Crippen LogP contribution in [0.1, 0.15) is 73.4 Å². The van der Waals surface area contributed by atoms with Gasteiger partial charge >= 0.3 is 6.09 Å². The molecule has 0 aliphatic carbocycles. The summed E-state index contributed by atoms with van der Waals surface area (Å²) in [6.45, 7) is 17.3. The minimum atomic E-state index is -0.579. The first kappa shape index (κ1) is 33.4. The molecular formula is C31H43FN2O3. The summed E-state index contributed by atoms with van der Waals surface area (Å²) >= 11 is 0. The van der Waals surface area contributed by atoms with Crippen LogP contribution >= 0.6 is 0 Å². The summed E-state index contributed by atoms with van der Waals surface area (Å²) in [4.78, 5) is 14.4. The Bertz CT molecular complexity index is 1030. The Balaban J connectivity index is 0.00000308. The minimum Gasteiger partial charge on any atom is -0.456 e. The maximum Gasteiger partial charge on any atom is 0.410 e. The predicted octanol–water partition coefficient (Wildman–Crippen LogP) is 8.77. The van der Waals surface area contributed by atoms with E-state index in [9.17, 15) is 9.18 Å². The van der Waals surface area contributed by atoms with Crippen molar-refractivity contribution in [2.45, 2.75) is 80.9 Å². The van der Waals surface area contributed by atoms with E-state index in [4.69, 9.17) is 14.7 Å². The van der Waals surface area contributed by atoms with E-state index < -0.39 is 11.4 Å². The van der Waals surface area contributed by atoms with Crippen LogP contribution in [0.3, 0.4) is 0 Å². The van der Waals surface area contributed by atoms with Crippen LogP contribution in [-0.2, 0) is 17.7 Å². The lowest BCUT2D eigenvalue weighted by molar-refractivity contribution is 0.0236. The maximum atomic E-state index is 13.3. The highest BCUT2D eigenvalue weighted by molar-refractivity contribution is 5.68. The number of amides is 1. The molecule has 0 saturated carbocycles. The van der Waals surface area contributed by atoms with E-state index in [2.05, 4.69) is 0 Å². The Morgan fingerprint density at radius 2 is 1.54 bits per heavy atom. The van der Waals surface area contributed by atoms with Gasteiger partial charge in [-0.3, -0.25) is 0 Å². The lowest BCUT2D eigenvalue weighted by Gasteiger charge is -2.27. The molecule has 0 aromatic heterocycles. The van der Waals surface area contributed by atoms with E-state index >= 15 is 0 Å². The molecule has 37 heavy (non-hydrogen) atoms. The zero-order valence-electron chi connectivity index (χ0n) is 23.9. The quantitative estimate of drug-likeness (QED) is 0.202. The average Bonchev–Trinajstić information content (AvgIpc) is 2.88. The number of ether oxygens (including phenoxy) is 2. The van der Waals surface area contributed by atoms with Gasteiger partial charge in [0.1, 0.15) is 22.9 Å². The molecule has 0 aliphatic rings.